The molecule has 3 rings (SSSR count). The van der Waals surface area contributed by atoms with Gasteiger partial charge in [0.05, 0.1) is 31.5 Å². The van der Waals surface area contributed by atoms with Crippen molar-refractivity contribution in [3.8, 4) is 0 Å². The zero-order valence-electron chi connectivity index (χ0n) is 16.6. The summed E-state index contributed by atoms with van der Waals surface area (Å²) in [4.78, 5) is 7.13. The molecule has 1 aromatic heterocycles. The summed E-state index contributed by atoms with van der Waals surface area (Å²) in [6.45, 7) is 7.41. The molecule has 1 aliphatic heterocycles. The van der Waals surface area contributed by atoms with Crippen molar-refractivity contribution in [2.75, 3.05) is 39.4 Å². The minimum absolute atomic E-state index is 0.151. The minimum atomic E-state index is 0.151. The fraction of sp³-hybridized carbons (Fsp3) is 0.500. The normalized spacial score (nSPS) is 16.8. The lowest BCUT2D eigenvalue weighted by Gasteiger charge is -2.35. The van der Waals surface area contributed by atoms with E-state index in [0.717, 1.165) is 55.1 Å². The quantitative estimate of drug-likeness (QED) is 0.547. The molecular weight excluding hydrogens is 376 g/mol. The Bertz CT molecular complexity index is 772. The average Bonchev–Trinajstić information content (AvgIpc) is 3.13. The minimum Gasteiger partial charge on any atom is -0.379 e. The smallest absolute Gasteiger partial charge is 0.191 e. The highest BCUT2D eigenvalue weighted by atomic mass is 35.5. The first-order valence-corrected chi connectivity index (χ1v) is 10.1. The summed E-state index contributed by atoms with van der Waals surface area (Å²) < 4.78 is 7.37. The van der Waals surface area contributed by atoms with Crippen LogP contribution in [0.3, 0.4) is 0 Å². The molecule has 0 amide bonds. The Balaban J connectivity index is 1.73. The standard InChI is InChI=1S/C20H29ClN6O/c1-3-22-20(23-14-16-8-9-25-26(16)2)24-15-19(27-10-12-28-13-11-27)17-6-4-5-7-18(17)21/h4-9,19H,3,10-15H2,1-2H3,(H2,22,23,24). The summed E-state index contributed by atoms with van der Waals surface area (Å²) in [7, 11) is 1.93. The van der Waals surface area contributed by atoms with Crippen molar-refractivity contribution in [1.29, 1.82) is 0 Å². The van der Waals surface area contributed by atoms with Gasteiger partial charge in [0, 0.05) is 44.4 Å². The van der Waals surface area contributed by atoms with Gasteiger partial charge in [-0.25, -0.2) is 4.99 Å². The Kier molecular flexibility index (Phi) is 7.71. The predicted molar refractivity (Wildman–Crippen MR) is 113 cm³/mol. The van der Waals surface area contributed by atoms with E-state index in [2.05, 4.69) is 33.6 Å². The van der Waals surface area contributed by atoms with Crippen molar-refractivity contribution in [3.05, 3.63) is 52.8 Å². The monoisotopic (exact) mass is 404 g/mol. The molecule has 0 bridgehead atoms. The molecule has 152 valence electrons. The van der Waals surface area contributed by atoms with Gasteiger partial charge in [-0.3, -0.25) is 9.58 Å². The number of ether oxygens (including phenoxy) is 1. The zero-order valence-corrected chi connectivity index (χ0v) is 17.3. The fourth-order valence-electron chi connectivity index (χ4n) is 3.32. The van der Waals surface area contributed by atoms with Crippen LogP contribution in [-0.2, 0) is 18.3 Å². The number of hydrogen-bond acceptors (Lipinski definition) is 4. The Morgan fingerprint density at radius 1 is 1.25 bits per heavy atom. The van der Waals surface area contributed by atoms with E-state index in [1.54, 1.807) is 6.20 Å². The number of morpholine rings is 1. The number of aryl methyl sites for hydroxylation is 1. The number of nitrogens with one attached hydrogen (secondary N) is 2. The molecule has 1 aliphatic rings. The van der Waals surface area contributed by atoms with Crippen LogP contribution < -0.4 is 10.6 Å². The van der Waals surface area contributed by atoms with Gasteiger partial charge in [0.2, 0.25) is 0 Å². The molecule has 0 spiro atoms. The van der Waals surface area contributed by atoms with Crippen molar-refractivity contribution in [2.24, 2.45) is 12.0 Å². The van der Waals surface area contributed by atoms with E-state index in [1.807, 2.05) is 36.0 Å². The number of rotatable bonds is 7. The second-order valence-corrected chi connectivity index (χ2v) is 7.12. The van der Waals surface area contributed by atoms with E-state index in [1.165, 1.54) is 0 Å². The Hall–Kier alpha value is -2.09. The number of hydrogen-bond donors (Lipinski definition) is 2. The van der Waals surface area contributed by atoms with Gasteiger partial charge in [-0.1, -0.05) is 29.8 Å². The van der Waals surface area contributed by atoms with E-state index in [9.17, 15) is 0 Å². The van der Waals surface area contributed by atoms with Crippen LogP contribution in [0.15, 0.2) is 41.5 Å². The SMILES string of the molecule is CCNC(=NCc1ccnn1C)NCC(c1ccccc1Cl)N1CCOCC1. The van der Waals surface area contributed by atoms with Gasteiger partial charge in [0.25, 0.3) is 0 Å². The Labute approximate surface area is 171 Å². The first kappa shape index (κ1) is 20.6. The van der Waals surface area contributed by atoms with Crippen LogP contribution in [0.25, 0.3) is 0 Å². The van der Waals surface area contributed by atoms with Crippen molar-refractivity contribution in [1.82, 2.24) is 25.3 Å². The molecule has 1 saturated heterocycles. The summed E-state index contributed by atoms with van der Waals surface area (Å²) in [5, 5.41) is 11.8. The van der Waals surface area contributed by atoms with Gasteiger partial charge in [-0.2, -0.15) is 5.10 Å². The highest BCUT2D eigenvalue weighted by molar-refractivity contribution is 6.31. The second-order valence-electron chi connectivity index (χ2n) is 6.71. The van der Waals surface area contributed by atoms with Crippen molar-refractivity contribution < 1.29 is 4.74 Å². The van der Waals surface area contributed by atoms with Crippen LogP contribution in [0, 0.1) is 0 Å². The third-order valence-electron chi connectivity index (χ3n) is 4.88. The summed E-state index contributed by atoms with van der Waals surface area (Å²) >= 11 is 6.52. The van der Waals surface area contributed by atoms with Crippen LogP contribution in [0.1, 0.15) is 24.2 Å². The summed E-state index contributed by atoms with van der Waals surface area (Å²) in [6, 6.07) is 10.2. The van der Waals surface area contributed by atoms with E-state index >= 15 is 0 Å². The third kappa shape index (κ3) is 5.47. The van der Waals surface area contributed by atoms with Crippen LogP contribution in [0.2, 0.25) is 5.02 Å². The van der Waals surface area contributed by atoms with Gasteiger partial charge in [-0.15, -0.1) is 0 Å². The van der Waals surface area contributed by atoms with Gasteiger partial charge in [0.1, 0.15) is 0 Å². The number of guanidine groups is 1. The highest BCUT2D eigenvalue weighted by Crippen LogP contribution is 2.27. The lowest BCUT2D eigenvalue weighted by Crippen LogP contribution is -2.46. The Morgan fingerprint density at radius 3 is 2.71 bits per heavy atom. The maximum atomic E-state index is 6.52. The molecule has 8 heteroatoms. The number of aromatic nitrogens is 2. The molecule has 0 aliphatic carbocycles. The molecule has 7 nitrogen and oxygen atoms in total. The molecule has 1 aromatic carbocycles. The maximum absolute atomic E-state index is 6.52. The lowest BCUT2D eigenvalue weighted by atomic mass is 10.0. The zero-order chi connectivity index (χ0) is 19.8. The second kappa shape index (κ2) is 10.5. The third-order valence-corrected chi connectivity index (χ3v) is 5.22. The molecule has 1 unspecified atom stereocenters. The Morgan fingerprint density at radius 2 is 2.04 bits per heavy atom. The van der Waals surface area contributed by atoms with Crippen molar-refractivity contribution in [3.63, 3.8) is 0 Å². The molecule has 28 heavy (non-hydrogen) atoms. The van der Waals surface area contributed by atoms with E-state index in [0.29, 0.717) is 13.1 Å². The van der Waals surface area contributed by atoms with Crippen LogP contribution in [0.5, 0.6) is 0 Å². The van der Waals surface area contributed by atoms with Crippen LogP contribution in [0.4, 0.5) is 0 Å². The van der Waals surface area contributed by atoms with E-state index in [-0.39, 0.29) is 6.04 Å². The van der Waals surface area contributed by atoms with Crippen LogP contribution >= 0.6 is 11.6 Å². The first-order valence-electron chi connectivity index (χ1n) is 9.74. The van der Waals surface area contributed by atoms with Crippen molar-refractivity contribution >= 4 is 17.6 Å². The molecule has 2 heterocycles. The molecule has 1 atom stereocenters. The van der Waals surface area contributed by atoms with Gasteiger partial charge in [-0.05, 0) is 24.6 Å². The molecular formula is C20H29ClN6O. The number of nitrogens with zero attached hydrogens (tertiary/aromatic N) is 4. The fourth-order valence-corrected chi connectivity index (χ4v) is 3.58. The summed E-state index contributed by atoms with van der Waals surface area (Å²) in [5.74, 6) is 0.786. The maximum Gasteiger partial charge on any atom is 0.191 e. The van der Waals surface area contributed by atoms with Crippen LogP contribution in [-0.4, -0.2) is 60.0 Å². The molecule has 1 fully saturated rings. The molecule has 2 N–H and O–H groups in total. The van der Waals surface area contributed by atoms with Gasteiger partial charge < -0.3 is 15.4 Å². The van der Waals surface area contributed by atoms with E-state index in [4.69, 9.17) is 21.3 Å². The molecule has 2 aromatic rings. The van der Waals surface area contributed by atoms with E-state index < -0.39 is 0 Å². The number of benzene rings is 1. The summed E-state index contributed by atoms with van der Waals surface area (Å²) in [5.41, 5.74) is 2.19. The van der Waals surface area contributed by atoms with Crippen molar-refractivity contribution in [2.45, 2.75) is 19.5 Å². The van der Waals surface area contributed by atoms with Gasteiger partial charge in [0.15, 0.2) is 5.96 Å². The largest absolute Gasteiger partial charge is 0.379 e. The van der Waals surface area contributed by atoms with Gasteiger partial charge >= 0.3 is 0 Å². The average molecular weight is 405 g/mol. The predicted octanol–water partition coefficient (Wildman–Crippen LogP) is 2.20. The topological polar surface area (TPSA) is 66.7 Å². The highest BCUT2D eigenvalue weighted by Gasteiger charge is 2.24. The summed E-state index contributed by atoms with van der Waals surface area (Å²) in [6.07, 6.45) is 1.79. The lowest BCUT2D eigenvalue weighted by molar-refractivity contribution is 0.0170. The number of aliphatic imine (C=N–C) groups is 1. The molecule has 0 saturated carbocycles. The molecule has 0 radical (unpaired) electrons. The number of halogens is 1. The first-order chi connectivity index (χ1) is 13.7.